The van der Waals surface area contributed by atoms with Gasteiger partial charge in [0.2, 0.25) is 0 Å². The molecule has 3 nitrogen and oxygen atoms in total. The van der Waals surface area contributed by atoms with E-state index in [0.29, 0.717) is 0 Å². The van der Waals surface area contributed by atoms with E-state index in [0.717, 1.165) is 40.5 Å². The molecule has 0 aliphatic carbocycles. The van der Waals surface area contributed by atoms with Crippen molar-refractivity contribution in [3.05, 3.63) is 78.5 Å². The summed E-state index contributed by atoms with van der Waals surface area (Å²) in [5.41, 5.74) is 4.53. The maximum atomic E-state index is 10.3. The van der Waals surface area contributed by atoms with Crippen molar-refractivity contribution in [1.82, 2.24) is 4.57 Å². The van der Waals surface area contributed by atoms with Crippen molar-refractivity contribution in [3.63, 3.8) is 0 Å². The molecule has 0 saturated heterocycles. The fourth-order valence-electron chi connectivity index (χ4n) is 3.93. The summed E-state index contributed by atoms with van der Waals surface area (Å²) in [7, 11) is 1.70. The average molecular weight is 385 g/mol. The molecule has 1 aliphatic rings. The fourth-order valence-corrected chi connectivity index (χ4v) is 4.91. The van der Waals surface area contributed by atoms with Crippen LogP contribution in [0.5, 0.6) is 5.75 Å². The minimum atomic E-state index is -0.352. The third-order valence-corrected chi connectivity index (χ3v) is 6.45. The van der Waals surface area contributed by atoms with E-state index in [9.17, 15) is 5.02 Å². The van der Waals surface area contributed by atoms with E-state index in [-0.39, 0.29) is 6.92 Å². The topological polar surface area (TPSA) is 34.4 Å². The van der Waals surface area contributed by atoms with E-state index < -0.39 is 0 Å². The Morgan fingerprint density at radius 2 is 1.89 bits per heavy atom. The molecule has 138 valence electrons. The third-order valence-electron chi connectivity index (χ3n) is 5.40. The number of fused-ring (bicyclic) bond motifs is 2. The zero-order valence-corrected chi connectivity index (χ0v) is 16.4. The summed E-state index contributed by atoms with van der Waals surface area (Å²) in [6.45, 7) is -0.352. The molecule has 0 atom stereocenters. The van der Waals surface area contributed by atoms with E-state index in [1.165, 1.54) is 15.4 Å². The number of rotatable bonds is 4. The molecule has 0 saturated carbocycles. The van der Waals surface area contributed by atoms with Crippen LogP contribution in [0.1, 0.15) is 5.56 Å². The van der Waals surface area contributed by atoms with E-state index in [1.807, 2.05) is 12.1 Å². The molecule has 4 aromatic rings. The van der Waals surface area contributed by atoms with E-state index in [2.05, 4.69) is 65.4 Å². The highest BCUT2D eigenvalue weighted by atomic mass is 32.2. The van der Waals surface area contributed by atoms with Crippen molar-refractivity contribution in [1.29, 1.82) is 0 Å². The Kier molecular flexibility index (Phi) is 4.42. The predicted molar refractivity (Wildman–Crippen MR) is 117 cm³/mol. The molecule has 5 rings (SSSR count). The van der Waals surface area contributed by atoms with Crippen LogP contribution in [0.3, 0.4) is 0 Å². The molecule has 28 heavy (non-hydrogen) atoms. The molecule has 0 fully saturated rings. The number of ether oxygens (including phenoxy) is 1. The molecule has 1 N–H and O–H groups in total. The Balaban J connectivity index is 1.66. The first-order valence-corrected chi connectivity index (χ1v) is 10.3. The normalized spacial score (nSPS) is 13.1. The van der Waals surface area contributed by atoms with Crippen molar-refractivity contribution >= 4 is 35.0 Å². The number of aromatic nitrogens is 1. The lowest BCUT2D eigenvalue weighted by Crippen LogP contribution is -2.26. The Bertz CT molecular complexity index is 1160. The zero-order chi connectivity index (χ0) is 19.1. The highest BCUT2D eigenvalue weighted by molar-refractivity contribution is 7.99. The summed E-state index contributed by atoms with van der Waals surface area (Å²) >= 11 is 1.75. The van der Waals surface area contributed by atoms with Crippen molar-refractivity contribution in [2.75, 3.05) is 7.11 Å². The maximum Gasteiger partial charge on any atom is 0.324 e. The molecule has 2 heterocycles. The second-order valence-corrected chi connectivity index (χ2v) is 8.21. The largest absolute Gasteiger partial charge is 0.497 e. The van der Waals surface area contributed by atoms with Crippen LogP contribution in [0, 0.1) is 0 Å². The van der Waals surface area contributed by atoms with E-state index >= 15 is 0 Å². The summed E-state index contributed by atoms with van der Waals surface area (Å²) < 4.78 is 7.68. The minimum absolute atomic E-state index is 0.352. The standard InChI is InChI=1S/C23H20BNO2S/c1-27-18-9-10-22-20(14-18)23(28-19-5-3-2-4-6-19)15-25(22)17-8-7-16-11-12-24(26)21(16)13-17/h2-10,13-15,26H,11-12H2,1H3. The van der Waals surface area contributed by atoms with Gasteiger partial charge in [0.15, 0.2) is 0 Å². The average Bonchev–Trinajstić information content (AvgIpc) is 3.29. The Morgan fingerprint density at radius 1 is 1.04 bits per heavy atom. The summed E-state index contributed by atoms with van der Waals surface area (Å²) in [6, 6.07) is 23.0. The lowest BCUT2D eigenvalue weighted by atomic mass is 9.63. The number of hydrogen-bond acceptors (Lipinski definition) is 3. The second kappa shape index (κ2) is 7.08. The molecule has 0 spiro atoms. The van der Waals surface area contributed by atoms with E-state index in [4.69, 9.17) is 4.74 Å². The van der Waals surface area contributed by atoms with E-state index in [1.54, 1.807) is 18.9 Å². The second-order valence-electron chi connectivity index (χ2n) is 7.10. The van der Waals surface area contributed by atoms with Gasteiger partial charge < -0.3 is 14.3 Å². The van der Waals surface area contributed by atoms with Crippen molar-refractivity contribution in [2.24, 2.45) is 0 Å². The summed E-state index contributed by atoms with van der Waals surface area (Å²) in [6.07, 6.45) is 3.96. The number of methoxy groups -OCH3 is 1. The molecule has 1 aliphatic heterocycles. The lowest BCUT2D eigenvalue weighted by molar-refractivity contribution is 0.415. The maximum absolute atomic E-state index is 10.3. The van der Waals surface area contributed by atoms with Crippen molar-refractivity contribution < 1.29 is 9.76 Å². The van der Waals surface area contributed by atoms with Crippen LogP contribution in [0.2, 0.25) is 6.32 Å². The van der Waals surface area contributed by atoms with Crippen LogP contribution >= 0.6 is 11.8 Å². The van der Waals surface area contributed by atoms with Gasteiger partial charge in [-0.15, -0.1) is 0 Å². The number of hydrogen-bond donors (Lipinski definition) is 1. The molecule has 0 bridgehead atoms. The molecule has 0 unspecified atom stereocenters. The Labute approximate surface area is 169 Å². The van der Waals surface area contributed by atoms with Gasteiger partial charge in [0.05, 0.1) is 12.6 Å². The highest BCUT2D eigenvalue weighted by Gasteiger charge is 2.25. The monoisotopic (exact) mass is 385 g/mol. The molecule has 5 heteroatoms. The van der Waals surface area contributed by atoms with Crippen LogP contribution in [-0.4, -0.2) is 23.6 Å². The molecule has 0 radical (unpaired) electrons. The van der Waals surface area contributed by atoms with Crippen LogP contribution in [-0.2, 0) is 6.42 Å². The smallest absolute Gasteiger partial charge is 0.324 e. The fraction of sp³-hybridized carbons (Fsp3) is 0.130. The Morgan fingerprint density at radius 3 is 2.71 bits per heavy atom. The van der Waals surface area contributed by atoms with Gasteiger partial charge in [-0.05, 0) is 60.7 Å². The van der Waals surface area contributed by atoms with Crippen LogP contribution < -0.4 is 10.2 Å². The summed E-state index contributed by atoms with van der Waals surface area (Å²) in [5, 5.41) is 11.5. The van der Waals surface area contributed by atoms with Crippen LogP contribution in [0.15, 0.2) is 82.7 Å². The van der Waals surface area contributed by atoms with Gasteiger partial charge in [-0.25, -0.2) is 0 Å². The SMILES string of the molecule is COc1ccc2c(c1)c(Sc1ccccc1)cn2-c1ccc2c(c1)B(O)CC2. The lowest BCUT2D eigenvalue weighted by Gasteiger charge is -2.09. The van der Waals surface area contributed by atoms with Crippen LogP contribution in [0.25, 0.3) is 16.6 Å². The molecular formula is C23H20BNO2S. The first kappa shape index (κ1) is 17.5. The number of nitrogens with zero attached hydrogens (tertiary/aromatic N) is 1. The Hall–Kier alpha value is -2.63. The van der Waals surface area contributed by atoms with Crippen molar-refractivity contribution in [3.8, 4) is 11.4 Å². The van der Waals surface area contributed by atoms with Crippen molar-refractivity contribution in [2.45, 2.75) is 22.5 Å². The zero-order valence-electron chi connectivity index (χ0n) is 15.6. The molecule has 3 aromatic carbocycles. The summed E-state index contributed by atoms with van der Waals surface area (Å²) in [4.78, 5) is 2.38. The molecule has 1 aromatic heterocycles. The van der Waals surface area contributed by atoms with Gasteiger partial charge >= 0.3 is 6.92 Å². The molecular weight excluding hydrogens is 365 g/mol. The van der Waals surface area contributed by atoms with Gasteiger partial charge in [0.1, 0.15) is 5.75 Å². The quantitative estimate of drug-likeness (QED) is 0.524. The van der Waals surface area contributed by atoms with Gasteiger partial charge in [0.25, 0.3) is 0 Å². The highest BCUT2D eigenvalue weighted by Crippen LogP contribution is 2.38. The first-order valence-electron chi connectivity index (χ1n) is 9.46. The van der Waals surface area contributed by atoms with Gasteiger partial charge in [-0.3, -0.25) is 0 Å². The number of aryl methyl sites for hydroxylation is 1. The van der Waals surface area contributed by atoms with Gasteiger partial charge in [-0.2, -0.15) is 0 Å². The van der Waals surface area contributed by atoms with Gasteiger partial charge in [-0.1, -0.05) is 41.6 Å². The molecule has 0 amide bonds. The minimum Gasteiger partial charge on any atom is -0.497 e. The van der Waals surface area contributed by atoms with Crippen LogP contribution in [0.4, 0.5) is 0 Å². The van der Waals surface area contributed by atoms with Gasteiger partial charge in [0, 0.05) is 27.1 Å². The first-order chi connectivity index (χ1) is 13.7. The predicted octanol–water partition coefficient (Wildman–Crippen LogP) is 4.54. The summed E-state index contributed by atoms with van der Waals surface area (Å²) in [5.74, 6) is 0.851. The third kappa shape index (κ3) is 3.01. The number of benzene rings is 3.